The molecule has 0 aromatic heterocycles. The Kier molecular flexibility index (Phi) is 5.56. The highest BCUT2D eigenvalue weighted by Crippen LogP contribution is 2.29. The van der Waals surface area contributed by atoms with Crippen LogP contribution in [0.4, 0.5) is 0 Å². The molecule has 1 saturated heterocycles. The van der Waals surface area contributed by atoms with Gasteiger partial charge in [0.2, 0.25) is 5.91 Å². The molecule has 0 radical (unpaired) electrons. The average molecular weight is 321 g/mol. The van der Waals surface area contributed by atoms with E-state index in [-0.39, 0.29) is 17.4 Å². The van der Waals surface area contributed by atoms with Crippen LogP contribution in [-0.4, -0.2) is 35.7 Å². The van der Waals surface area contributed by atoms with Gasteiger partial charge in [0.1, 0.15) is 0 Å². The van der Waals surface area contributed by atoms with E-state index in [1.54, 1.807) is 11.8 Å². The minimum absolute atomic E-state index is 0.0114. The fourth-order valence-electron chi connectivity index (χ4n) is 2.77. The standard InChI is InChI=1S/C18H28N2OS/c1-13(2)14-5-7-15(8-6-14)22-11-17(21)20-10-9-16(19)18(3,4)12-20/h5-8,13,16H,9-12,19H2,1-4H3. The molecule has 2 N–H and O–H groups in total. The van der Waals surface area contributed by atoms with Crippen LogP contribution in [0.3, 0.4) is 0 Å². The van der Waals surface area contributed by atoms with Crippen molar-refractivity contribution >= 4 is 17.7 Å². The van der Waals surface area contributed by atoms with Crippen molar-refractivity contribution in [2.24, 2.45) is 11.1 Å². The lowest BCUT2D eigenvalue weighted by Crippen LogP contribution is -2.54. The molecule has 122 valence electrons. The molecule has 2 rings (SSSR count). The van der Waals surface area contributed by atoms with Crippen LogP contribution in [0, 0.1) is 5.41 Å². The average Bonchev–Trinajstić information content (AvgIpc) is 2.48. The maximum absolute atomic E-state index is 12.4. The van der Waals surface area contributed by atoms with E-state index in [0.717, 1.165) is 24.4 Å². The van der Waals surface area contributed by atoms with Gasteiger partial charge >= 0.3 is 0 Å². The van der Waals surface area contributed by atoms with Crippen LogP contribution in [0.25, 0.3) is 0 Å². The van der Waals surface area contributed by atoms with E-state index in [9.17, 15) is 4.79 Å². The largest absolute Gasteiger partial charge is 0.341 e. The van der Waals surface area contributed by atoms with Crippen molar-refractivity contribution in [2.45, 2.75) is 51.0 Å². The van der Waals surface area contributed by atoms with Crippen molar-refractivity contribution in [1.82, 2.24) is 4.90 Å². The summed E-state index contributed by atoms with van der Waals surface area (Å²) in [6.07, 6.45) is 0.895. The zero-order valence-corrected chi connectivity index (χ0v) is 15.0. The Labute approximate surface area is 138 Å². The van der Waals surface area contributed by atoms with Gasteiger partial charge < -0.3 is 10.6 Å². The van der Waals surface area contributed by atoms with Gasteiger partial charge in [0.05, 0.1) is 5.75 Å². The van der Waals surface area contributed by atoms with Gasteiger partial charge in [-0.3, -0.25) is 4.79 Å². The van der Waals surface area contributed by atoms with Gasteiger partial charge in [-0.05, 0) is 35.4 Å². The van der Waals surface area contributed by atoms with Crippen molar-refractivity contribution in [2.75, 3.05) is 18.8 Å². The lowest BCUT2D eigenvalue weighted by atomic mass is 9.80. The minimum Gasteiger partial charge on any atom is -0.341 e. The maximum atomic E-state index is 12.4. The molecule has 1 aromatic carbocycles. The summed E-state index contributed by atoms with van der Waals surface area (Å²) in [4.78, 5) is 15.5. The Morgan fingerprint density at radius 2 is 2.00 bits per heavy atom. The number of rotatable bonds is 4. The number of nitrogens with zero attached hydrogens (tertiary/aromatic N) is 1. The molecule has 0 bridgehead atoms. The predicted molar refractivity (Wildman–Crippen MR) is 94.2 cm³/mol. The van der Waals surface area contributed by atoms with Crippen LogP contribution in [-0.2, 0) is 4.79 Å². The molecular formula is C18H28N2OS. The highest BCUT2D eigenvalue weighted by Gasteiger charge is 2.35. The number of nitrogens with two attached hydrogens (primary N) is 1. The van der Waals surface area contributed by atoms with Gasteiger partial charge in [-0.25, -0.2) is 0 Å². The van der Waals surface area contributed by atoms with E-state index in [2.05, 4.69) is 52.0 Å². The zero-order valence-electron chi connectivity index (χ0n) is 14.1. The van der Waals surface area contributed by atoms with Crippen LogP contribution < -0.4 is 5.73 Å². The molecule has 1 aliphatic rings. The molecular weight excluding hydrogens is 292 g/mol. The molecule has 0 aliphatic carbocycles. The Morgan fingerprint density at radius 3 is 2.55 bits per heavy atom. The predicted octanol–water partition coefficient (Wildman–Crippen LogP) is 3.49. The molecule has 0 spiro atoms. The molecule has 1 amide bonds. The van der Waals surface area contributed by atoms with Gasteiger partial charge in [-0.2, -0.15) is 0 Å². The first kappa shape index (κ1) is 17.4. The highest BCUT2D eigenvalue weighted by atomic mass is 32.2. The smallest absolute Gasteiger partial charge is 0.232 e. The second-order valence-corrected chi connectivity index (χ2v) is 8.26. The van der Waals surface area contributed by atoms with Crippen LogP contribution >= 0.6 is 11.8 Å². The van der Waals surface area contributed by atoms with Crippen LogP contribution in [0.5, 0.6) is 0 Å². The summed E-state index contributed by atoms with van der Waals surface area (Å²) in [7, 11) is 0. The van der Waals surface area contributed by atoms with E-state index < -0.39 is 0 Å². The first-order valence-electron chi connectivity index (χ1n) is 8.06. The minimum atomic E-state index is 0.0114. The molecule has 1 fully saturated rings. The van der Waals surface area contributed by atoms with Gasteiger partial charge in [0, 0.05) is 24.0 Å². The molecule has 1 heterocycles. The van der Waals surface area contributed by atoms with E-state index in [0.29, 0.717) is 11.7 Å². The number of hydrogen-bond donors (Lipinski definition) is 1. The number of hydrogen-bond acceptors (Lipinski definition) is 3. The summed E-state index contributed by atoms with van der Waals surface area (Å²) < 4.78 is 0. The second-order valence-electron chi connectivity index (χ2n) is 7.21. The molecule has 1 aliphatic heterocycles. The van der Waals surface area contributed by atoms with Crippen molar-refractivity contribution < 1.29 is 4.79 Å². The van der Waals surface area contributed by atoms with Gasteiger partial charge in [-0.1, -0.05) is 39.8 Å². The number of benzene rings is 1. The Hall–Kier alpha value is -1.00. The molecule has 1 atom stereocenters. The van der Waals surface area contributed by atoms with E-state index in [4.69, 9.17) is 5.73 Å². The van der Waals surface area contributed by atoms with Crippen molar-refractivity contribution in [3.8, 4) is 0 Å². The zero-order chi connectivity index (χ0) is 16.3. The second kappa shape index (κ2) is 7.05. The Morgan fingerprint density at radius 1 is 1.36 bits per heavy atom. The third-order valence-electron chi connectivity index (χ3n) is 4.57. The Balaban J connectivity index is 1.87. The summed E-state index contributed by atoms with van der Waals surface area (Å²) in [5, 5.41) is 0. The molecule has 4 heteroatoms. The van der Waals surface area contributed by atoms with Gasteiger partial charge in [0.15, 0.2) is 0 Å². The molecule has 0 saturated carbocycles. The lowest BCUT2D eigenvalue weighted by molar-refractivity contribution is -0.131. The summed E-state index contributed by atoms with van der Waals surface area (Å²) in [5.74, 6) is 1.27. The summed E-state index contributed by atoms with van der Waals surface area (Å²) >= 11 is 1.62. The number of likely N-dealkylation sites (tertiary alicyclic amines) is 1. The van der Waals surface area contributed by atoms with Crippen molar-refractivity contribution in [1.29, 1.82) is 0 Å². The summed E-state index contributed by atoms with van der Waals surface area (Å²) in [6, 6.07) is 8.72. The maximum Gasteiger partial charge on any atom is 0.232 e. The quantitative estimate of drug-likeness (QED) is 0.864. The summed E-state index contributed by atoms with van der Waals surface area (Å²) in [6.45, 7) is 10.2. The number of piperidine rings is 1. The number of thioether (sulfide) groups is 1. The van der Waals surface area contributed by atoms with Gasteiger partial charge in [-0.15, -0.1) is 11.8 Å². The van der Waals surface area contributed by atoms with Crippen LogP contribution in [0.2, 0.25) is 0 Å². The summed E-state index contributed by atoms with van der Waals surface area (Å²) in [5.41, 5.74) is 7.48. The van der Waals surface area contributed by atoms with Crippen LogP contribution in [0.1, 0.15) is 45.6 Å². The topological polar surface area (TPSA) is 46.3 Å². The monoisotopic (exact) mass is 320 g/mol. The van der Waals surface area contributed by atoms with E-state index in [1.165, 1.54) is 5.56 Å². The number of carbonyl (C=O) groups excluding carboxylic acids is 1. The fourth-order valence-corrected chi connectivity index (χ4v) is 3.57. The lowest BCUT2D eigenvalue weighted by Gasteiger charge is -2.42. The first-order chi connectivity index (χ1) is 10.3. The highest BCUT2D eigenvalue weighted by molar-refractivity contribution is 8.00. The molecule has 1 aromatic rings. The van der Waals surface area contributed by atoms with E-state index >= 15 is 0 Å². The normalized spacial score (nSPS) is 21.2. The Bertz CT molecular complexity index is 510. The van der Waals surface area contributed by atoms with Crippen molar-refractivity contribution in [3.63, 3.8) is 0 Å². The third-order valence-corrected chi connectivity index (χ3v) is 5.57. The molecule has 22 heavy (non-hydrogen) atoms. The molecule has 1 unspecified atom stereocenters. The first-order valence-corrected chi connectivity index (χ1v) is 9.04. The van der Waals surface area contributed by atoms with Crippen LogP contribution in [0.15, 0.2) is 29.2 Å². The molecule has 3 nitrogen and oxygen atoms in total. The number of carbonyl (C=O) groups is 1. The number of amides is 1. The van der Waals surface area contributed by atoms with E-state index in [1.807, 2.05) is 4.90 Å². The van der Waals surface area contributed by atoms with Gasteiger partial charge in [0.25, 0.3) is 0 Å². The van der Waals surface area contributed by atoms with Crippen molar-refractivity contribution in [3.05, 3.63) is 29.8 Å². The SMILES string of the molecule is CC(C)c1ccc(SCC(=O)N2CCC(N)C(C)(C)C2)cc1. The third kappa shape index (κ3) is 4.26. The fraction of sp³-hybridized carbons (Fsp3) is 0.611.